The Morgan fingerprint density at radius 2 is 2.07 bits per heavy atom. The van der Waals surface area contributed by atoms with Gasteiger partial charge in [-0.05, 0) is 17.7 Å². The number of halogens is 1. The lowest BCUT2D eigenvalue weighted by molar-refractivity contribution is -0.143. The summed E-state index contributed by atoms with van der Waals surface area (Å²) in [4.78, 5) is 24.0. The van der Waals surface area contributed by atoms with Gasteiger partial charge in [-0.1, -0.05) is 20.3 Å². The number of hydrogen-bond acceptors (Lipinski definition) is 3. The highest BCUT2D eigenvalue weighted by Crippen LogP contribution is 2.07. The third-order valence-corrected chi connectivity index (χ3v) is 2.16. The van der Waals surface area contributed by atoms with Crippen LogP contribution in [0.5, 0.6) is 0 Å². The van der Waals surface area contributed by atoms with E-state index in [-0.39, 0.29) is 12.5 Å². The van der Waals surface area contributed by atoms with Crippen LogP contribution >= 0.6 is 11.8 Å². The van der Waals surface area contributed by atoms with E-state index in [0.29, 0.717) is 6.42 Å². The summed E-state index contributed by atoms with van der Waals surface area (Å²) in [6, 6.07) is -0.850. The van der Waals surface area contributed by atoms with Gasteiger partial charge < -0.3 is 10.4 Å². The van der Waals surface area contributed by atoms with Crippen LogP contribution in [0.1, 0.15) is 20.3 Å². The number of carboxylic acids is 1. The molecule has 0 aliphatic heterocycles. The zero-order valence-corrected chi connectivity index (χ0v) is 8.97. The predicted octanol–water partition coefficient (Wildman–Crippen LogP) is 0.345. The van der Waals surface area contributed by atoms with Gasteiger partial charge in [-0.2, -0.15) is 0 Å². The van der Waals surface area contributed by atoms with Crippen LogP contribution in [0.4, 0.5) is 0 Å². The molecule has 0 saturated carbocycles. The fraction of sp³-hybridized carbons (Fsp3) is 0.750. The van der Waals surface area contributed by atoms with Crippen molar-refractivity contribution in [3.05, 3.63) is 0 Å². The second-order valence-electron chi connectivity index (χ2n) is 3.08. The van der Waals surface area contributed by atoms with Crippen molar-refractivity contribution < 1.29 is 14.7 Å². The minimum atomic E-state index is -1.03. The Morgan fingerprint density at radius 3 is 2.43 bits per heavy atom. The Morgan fingerprint density at radius 1 is 1.50 bits per heavy atom. The number of rotatable bonds is 6. The molecule has 0 aromatic rings. The molecular weight excluding hydrogens is 208 g/mol. The van der Waals surface area contributed by atoms with E-state index in [9.17, 15) is 9.59 Å². The Hall–Kier alpha value is -0.810. The Bertz CT molecular complexity index is 211. The van der Waals surface area contributed by atoms with Gasteiger partial charge in [0.05, 0.1) is 6.54 Å². The molecule has 0 saturated heterocycles. The van der Waals surface area contributed by atoms with E-state index in [0.717, 1.165) is 0 Å². The molecule has 0 radical (unpaired) electrons. The molecular formula is C8H15ClN2O3. The molecule has 5 nitrogen and oxygen atoms in total. The van der Waals surface area contributed by atoms with Crippen LogP contribution in [-0.2, 0) is 9.59 Å². The van der Waals surface area contributed by atoms with Crippen LogP contribution in [0.25, 0.3) is 0 Å². The molecule has 0 aliphatic carbocycles. The first-order chi connectivity index (χ1) is 6.52. The van der Waals surface area contributed by atoms with Crippen molar-refractivity contribution in [1.82, 2.24) is 10.2 Å². The van der Waals surface area contributed by atoms with Gasteiger partial charge in [-0.25, -0.2) is 9.63 Å². The van der Waals surface area contributed by atoms with Crippen molar-refractivity contribution >= 4 is 23.7 Å². The van der Waals surface area contributed by atoms with Crippen molar-refractivity contribution in [1.29, 1.82) is 0 Å². The standard InChI is InChI=1S/C8H15ClN2O3/c1-3-5(2)7(8(13)14)11-6(12)4-10-9/h5,7,10H,3-4H2,1-2H3,(H,11,12)(H,13,14)/t5-,7-/m0/s1. The van der Waals surface area contributed by atoms with Crippen molar-refractivity contribution in [2.75, 3.05) is 6.54 Å². The fourth-order valence-electron chi connectivity index (χ4n) is 0.968. The molecule has 0 aromatic carbocycles. The normalized spacial score (nSPS) is 14.5. The van der Waals surface area contributed by atoms with Gasteiger partial charge in [0.1, 0.15) is 6.04 Å². The maximum Gasteiger partial charge on any atom is 0.326 e. The van der Waals surface area contributed by atoms with Gasteiger partial charge >= 0.3 is 5.97 Å². The lowest BCUT2D eigenvalue weighted by Gasteiger charge is -2.19. The lowest BCUT2D eigenvalue weighted by atomic mass is 9.99. The zero-order chi connectivity index (χ0) is 11.1. The van der Waals surface area contributed by atoms with E-state index in [1.807, 2.05) is 6.92 Å². The largest absolute Gasteiger partial charge is 0.480 e. The number of carboxylic acid groups (broad SMARTS) is 1. The molecule has 3 N–H and O–H groups in total. The highest BCUT2D eigenvalue weighted by atomic mass is 35.5. The van der Waals surface area contributed by atoms with Gasteiger partial charge in [0.15, 0.2) is 0 Å². The number of aliphatic carboxylic acids is 1. The molecule has 0 unspecified atom stereocenters. The van der Waals surface area contributed by atoms with E-state index < -0.39 is 17.9 Å². The molecule has 0 bridgehead atoms. The summed E-state index contributed by atoms with van der Waals surface area (Å²) in [5.41, 5.74) is 0. The lowest BCUT2D eigenvalue weighted by Crippen LogP contribution is -2.47. The van der Waals surface area contributed by atoms with Crippen LogP contribution in [0, 0.1) is 5.92 Å². The third kappa shape index (κ3) is 4.43. The Balaban J connectivity index is 4.23. The van der Waals surface area contributed by atoms with Crippen molar-refractivity contribution in [3.63, 3.8) is 0 Å². The minimum absolute atomic E-state index is 0.0955. The topological polar surface area (TPSA) is 78.4 Å². The molecule has 0 fully saturated rings. The fourth-order valence-corrected chi connectivity index (χ4v) is 1.09. The number of carbonyl (C=O) groups is 2. The van der Waals surface area contributed by atoms with Crippen LogP contribution in [-0.4, -0.2) is 29.6 Å². The molecule has 0 spiro atoms. The van der Waals surface area contributed by atoms with E-state index >= 15 is 0 Å². The molecule has 1 amide bonds. The second-order valence-corrected chi connectivity index (χ2v) is 3.35. The first-order valence-electron chi connectivity index (χ1n) is 4.38. The second kappa shape index (κ2) is 6.62. The summed E-state index contributed by atoms with van der Waals surface area (Å²) in [6.07, 6.45) is 0.686. The van der Waals surface area contributed by atoms with Crippen molar-refractivity contribution in [3.8, 4) is 0 Å². The quantitative estimate of drug-likeness (QED) is 0.567. The molecule has 0 aliphatic rings. The molecule has 82 valence electrons. The van der Waals surface area contributed by atoms with E-state index in [1.165, 1.54) is 0 Å². The summed E-state index contributed by atoms with van der Waals surface area (Å²) in [6.45, 7) is 3.54. The van der Waals surface area contributed by atoms with Gasteiger partial charge in [0, 0.05) is 0 Å². The number of carbonyl (C=O) groups excluding carboxylic acids is 1. The average Bonchev–Trinajstić information content (AvgIpc) is 2.13. The molecule has 14 heavy (non-hydrogen) atoms. The molecule has 2 atom stereocenters. The van der Waals surface area contributed by atoms with Gasteiger partial charge in [-0.15, -0.1) is 0 Å². The number of amides is 1. The van der Waals surface area contributed by atoms with Crippen LogP contribution in [0.15, 0.2) is 0 Å². The summed E-state index contributed by atoms with van der Waals surface area (Å²) < 4.78 is 0. The Labute approximate surface area is 87.9 Å². The highest BCUT2D eigenvalue weighted by molar-refractivity contribution is 6.14. The number of hydrogen-bond donors (Lipinski definition) is 3. The van der Waals surface area contributed by atoms with Crippen molar-refractivity contribution in [2.45, 2.75) is 26.3 Å². The summed E-state index contributed by atoms with van der Waals surface area (Å²) >= 11 is 5.11. The first-order valence-corrected chi connectivity index (χ1v) is 4.76. The van der Waals surface area contributed by atoms with Crippen LogP contribution in [0.3, 0.4) is 0 Å². The smallest absolute Gasteiger partial charge is 0.326 e. The van der Waals surface area contributed by atoms with Gasteiger partial charge in [0.2, 0.25) is 5.91 Å². The minimum Gasteiger partial charge on any atom is -0.480 e. The third-order valence-electron chi connectivity index (χ3n) is 2.02. The monoisotopic (exact) mass is 222 g/mol. The predicted molar refractivity (Wildman–Crippen MR) is 52.9 cm³/mol. The van der Waals surface area contributed by atoms with E-state index in [1.54, 1.807) is 6.92 Å². The summed E-state index contributed by atoms with van der Waals surface area (Å²) in [5.74, 6) is -1.55. The molecule has 0 aromatic heterocycles. The van der Waals surface area contributed by atoms with Crippen LogP contribution < -0.4 is 10.2 Å². The molecule has 6 heteroatoms. The maximum atomic E-state index is 11.1. The molecule has 0 heterocycles. The van der Waals surface area contributed by atoms with Gasteiger partial charge in [0.25, 0.3) is 0 Å². The maximum absolute atomic E-state index is 11.1. The Kier molecular flexibility index (Phi) is 6.23. The van der Waals surface area contributed by atoms with Crippen molar-refractivity contribution in [2.24, 2.45) is 5.92 Å². The molecule has 0 rings (SSSR count). The summed E-state index contributed by atoms with van der Waals surface area (Å²) in [7, 11) is 0. The first kappa shape index (κ1) is 13.2. The van der Waals surface area contributed by atoms with Gasteiger partial charge in [-0.3, -0.25) is 4.79 Å². The van der Waals surface area contributed by atoms with E-state index in [4.69, 9.17) is 16.9 Å². The number of nitrogens with one attached hydrogen (secondary N) is 2. The zero-order valence-electron chi connectivity index (χ0n) is 8.21. The SMILES string of the molecule is CC[C@H](C)[C@H](NC(=O)CNCl)C(=O)O. The summed E-state index contributed by atoms with van der Waals surface area (Å²) in [5, 5.41) is 11.2. The van der Waals surface area contributed by atoms with Crippen LogP contribution in [0.2, 0.25) is 0 Å². The average molecular weight is 223 g/mol. The highest BCUT2D eigenvalue weighted by Gasteiger charge is 2.24. The van der Waals surface area contributed by atoms with E-state index in [2.05, 4.69) is 10.2 Å².